The molecule has 7 nitrogen and oxygen atoms in total. The Labute approximate surface area is 154 Å². The molecule has 0 radical (unpaired) electrons. The van der Waals surface area contributed by atoms with Crippen LogP contribution in [-0.2, 0) is 7.05 Å². The first-order valence-electron chi connectivity index (χ1n) is 8.42. The molecule has 0 fully saturated rings. The summed E-state index contributed by atoms with van der Waals surface area (Å²) < 4.78 is 2.07. The average Bonchev–Trinajstić information content (AvgIpc) is 3.02. The lowest BCUT2D eigenvalue weighted by Crippen LogP contribution is -2.33. The van der Waals surface area contributed by atoms with Crippen molar-refractivity contribution in [3.05, 3.63) is 50.1 Å². The second-order valence-corrected chi connectivity index (χ2v) is 7.47. The van der Waals surface area contributed by atoms with Gasteiger partial charge in [-0.1, -0.05) is 26.0 Å². The smallest absolute Gasteiger partial charge is 0.329 e. The van der Waals surface area contributed by atoms with Crippen molar-refractivity contribution in [2.24, 2.45) is 18.0 Å². The Bertz CT molecular complexity index is 1030. The Morgan fingerprint density at radius 2 is 2.12 bits per heavy atom. The summed E-state index contributed by atoms with van der Waals surface area (Å²) in [5, 5.41) is 3.82. The molecule has 3 rings (SSSR count). The zero-order valence-corrected chi connectivity index (χ0v) is 15.8. The summed E-state index contributed by atoms with van der Waals surface area (Å²) in [6.45, 7) is 4.87. The third kappa shape index (κ3) is 3.91. The number of fused-ring (bicyclic) bond motifs is 1. The molecule has 0 amide bonds. The Morgan fingerprint density at radius 3 is 2.85 bits per heavy atom. The maximum atomic E-state index is 12.5. The summed E-state index contributed by atoms with van der Waals surface area (Å²) in [4.78, 5) is 35.9. The van der Waals surface area contributed by atoms with Crippen molar-refractivity contribution in [2.75, 3.05) is 11.9 Å². The molecule has 2 aromatic heterocycles. The van der Waals surface area contributed by atoms with E-state index in [0.29, 0.717) is 23.3 Å². The molecule has 0 aliphatic heterocycles. The highest BCUT2D eigenvalue weighted by molar-refractivity contribution is 7.20. The molecule has 2 heterocycles. The molecule has 0 aliphatic carbocycles. The number of H-pyrrole nitrogens is 1. The first-order chi connectivity index (χ1) is 12.5. The summed E-state index contributed by atoms with van der Waals surface area (Å²) in [5.74, 6) is 0.853. The number of thiazole rings is 1. The molecule has 0 saturated carbocycles. The predicted molar refractivity (Wildman–Crippen MR) is 107 cm³/mol. The quantitative estimate of drug-likeness (QED) is 0.652. The zero-order chi connectivity index (χ0) is 18.7. The number of nitrogens with one attached hydrogen (secondary N) is 2. The van der Waals surface area contributed by atoms with Crippen molar-refractivity contribution in [1.82, 2.24) is 14.5 Å². The topological polar surface area (TPSA) is 92.1 Å². The maximum absolute atomic E-state index is 12.5. The molecule has 0 unspecified atom stereocenters. The van der Waals surface area contributed by atoms with Crippen molar-refractivity contribution in [1.29, 1.82) is 0 Å². The largest absolute Gasteiger partial charge is 0.370 e. The van der Waals surface area contributed by atoms with Crippen LogP contribution in [0.1, 0.15) is 25.3 Å². The summed E-state index contributed by atoms with van der Waals surface area (Å²) in [6, 6.07) is 7.80. The van der Waals surface area contributed by atoms with Gasteiger partial charge in [0.15, 0.2) is 5.69 Å². The Morgan fingerprint density at radius 1 is 1.35 bits per heavy atom. The Kier molecular flexibility index (Phi) is 5.32. The van der Waals surface area contributed by atoms with Gasteiger partial charge in [-0.2, -0.15) is 0 Å². The van der Waals surface area contributed by atoms with E-state index < -0.39 is 11.2 Å². The van der Waals surface area contributed by atoms with Crippen molar-refractivity contribution in [3.63, 3.8) is 0 Å². The summed E-state index contributed by atoms with van der Waals surface area (Å²) in [7, 11) is 1.43. The highest BCUT2D eigenvalue weighted by Gasteiger charge is 2.11. The number of rotatable bonds is 6. The summed E-state index contributed by atoms with van der Waals surface area (Å²) in [6.07, 6.45) is 2.48. The lowest BCUT2D eigenvalue weighted by Gasteiger charge is -2.10. The van der Waals surface area contributed by atoms with Gasteiger partial charge in [0.05, 0.1) is 16.4 Å². The van der Waals surface area contributed by atoms with E-state index >= 15 is 0 Å². The molecule has 1 aromatic carbocycles. The van der Waals surface area contributed by atoms with Crippen LogP contribution in [0, 0.1) is 5.92 Å². The fraction of sp³-hybridized carbons (Fsp3) is 0.333. The second-order valence-electron chi connectivity index (χ2n) is 6.41. The molecule has 0 atom stereocenters. The van der Waals surface area contributed by atoms with Crippen LogP contribution in [0.25, 0.3) is 10.2 Å². The van der Waals surface area contributed by atoms with E-state index in [1.165, 1.54) is 18.4 Å². The van der Waals surface area contributed by atoms with Gasteiger partial charge in [-0.15, -0.1) is 11.3 Å². The molecule has 0 spiro atoms. The fourth-order valence-electron chi connectivity index (χ4n) is 2.41. The first-order valence-corrected chi connectivity index (χ1v) is 9.24. The number of hydrogen-bond donors (Lipinski definition) is 2. The third-order valence-electron chi connectivity index (χ3n) is 3.92. The standard InChI is InChI=1S/C18H21N5O2S/c1-11(2)8-9-19-16-15(17(24)23(3)18(25)22-16)20-10-14-21-12-6-4-5-7-13(12)26-14/h4-7,10-11,19H,8-9H2,1-3H3,(H,22,25). The highest BCUT2D eigenvalue weighted by atomic mass is 32.1. The average molecular weight is 371 g/mol. The first kappa shape index (κ1) is 18.1. The van der Waals surface area contributed by atoms with E-state index in [2.05, 4.69) is 34.1 Å². The van der Waals surface area contributed by atoms with Gasteiger partial charge in [0.2, 0.25) is 0 Å². The van der Waals surface area contributed by atoms with E-state index in [1.807, 2.05) is 24.3 Å². The molecule has 136 valence electrons. The number of aromatic nitrogens is 3. The molecule has 8 heteroatoms. The molecule has 3 aromatic rings. The number of aromatic amines is 1. The second kappa shape index (κ2) is 7.65. The lowest BCUT2D eigenvalue weighted by atomic mass is 10.1. The number of nitrogens with zero attached hydrogens (tertiary/aromatic N) is 3. The Balaban J connectivity index is 1.95. The molecule has 0 aliphatic rings. The van der Waals surface area contributed by atoms with Gasteiger partial charge in [0.25, 0.3) is 5.56 Å². The van der Waals surface area contributed by atoms with Gasteiger partial charge in [-0.05, 0) is 24.5 Å². The summed E-state index contributed by atoms with van der Waals surface area (Å²) >= 11 is 1.50. The molecule has 2 N–H and O–H groups in total. The van der Waals surface area contributed by atoms with Crippen LogP contribution in [0.2, 0.25) is 0 Å². The predicted octanol–water partition coefficient (Wildman–Crippen LogP) is 2.89. The van der Waals surface area contributed by atoms with Gasteiger partial charge in [0.1, 0.15) is 10.8 Å². The number of anilines is 1. The van der Waals surface area contributed by atoms with E-state index in [-0.39, 0.29) is 5.69 Å². The minimum atomic E-state index is -0.471. The van der Waals surface area contributed by atoms with Crippen LogP contribution in [-0.4, -0.2) is 27.3 Å². The SMILES string of the molecule is CC(C)CCNc1[nH]c(=O)n(C)c(=O)c1N=Cc1nc2ccccc2s1. The van der Waals surface area contributed by atoms with Crippen LogP contribution in [0.3, 0.4) is 0 Å². The molecule has 0 saturated heterocycles. The van der Waals surface area contributed by atoms with Crippen LogP contribution in [0.15, 0.2) is 38.8 Å². The molecular formula is C18H21N5O2S. The number of benzene rings is 1. The van der Waals surface area contributed by atoms with Crippen molar-refractivity contribution in [2.45, 2.75) is 20.3 Å². The van der Waals surface area contributed by atoms with Crippen molar-refractivity contribution >= 4 is 39.3 Å². The number of hydrogen-bond acceptors (Lipinski definition) is 6. The van der Waals surface area contributed by atoms with Crippen LogP contribution in [0.5, 0.6) is 0 Å². The van der Waals surface area contributed by atoms with E-state index in [4.69, 9.17) is 0 Å². The van der Waals surface area contributed by atoms with Crippen LogP contribution < -0.4 is 16.6 Å². The molecule has 26 heavy (non-hydrogen) atoms. The minimum Gasteiger partial charge on any atom is -0.370 e. The Hall–Kier alpha value is -2.74. The van der Waals surface area contributed by atoms with Gasteiger partial charge < -0.3 is 5.32 Å². The van der Waals surface area contributed by atoms with E-state index in [0.717, 1.165) is 21.2 Å². The van der Waals surface area contributed by atoms with Crippen LogP contribution >= 0.6 is 11.3 Å². The van der Waals surface area contributed by atoms with Gasteiger partial charge in [0, 0.05) is 13.6 Å². The number of aliphatic imine (C=N–C) groups is 1. The monoisotopic (exact) mass is 371 g/mol. The van der Waals surface area contributed by atoms with Gasteiger partial charge >= 0.3 is 5.69 Å². The third-order valence-corrected chi connectivity index (χ3v) is 4.89. The van der Waals surface area contributed by atoms with Crippen LogP contribution in [0.4, 0.5) is 11.5 Å². The molecular weight excluding hydrogens is 350 g/mol. The summed E-state index contributed by atoms with van der Waals surface area (Å²) in [5.41, 5.74) is 0.151. The lowest BCUT2D eigenvalue weighted by molar-refractivity contribution is 0.606. The highest BCUT2D eigenvalue weighted by Crippen LogP contribution is 2.21. The van der Waals surface area contributed by atoms with E-state index in [9.17, 15) is 9.59 Å². The van der Waals surface area contributed by atoms with Gasteiger partial charge in [-0.3, -0.25) is 14.3 Å². The van der Waals surface area contributed by atoms with E-state index in [1.54, 1.807) is 6.21 Å². The normalized spacial score (nSPS) is 11.7. The van der Waals surface area contributed by atoms with Crippen molar-refractivity contribution in [3.8, 4) is 0 Å². The van der Waals surface area contributed by atoms with Crippen molar-refractivity contribution < 1.29 is 0 Å². The maximum Gasteiger partial charge on any atom is 0.329 e. The number of para-hydroxylation sites is 1. The minimum absolute atomic E-state index is 0.176. The molecule has 0 bridgehead atoms. The fourth-order valence-corrected chi connectivity index (χ4v) is 3.25. The van der Waals surface area contributed by atoms with Gasteiger partial charge in [-0.25, -0.2) is 14.8 Å². The zero-order valence-electron chi connectivity index (χ0n) is 14.9.